The number of sulfonamides is 1. The molecule has 9 nitrogen and oxygen atoms in total. The highest BCUT2D eigenvalue weighted by Crippen LogP contribution is 2.36. The molecule has 1 aliphatic rings. The van der Waals surface area contributed by atoms with Crippen molar-refractivity contribution in [3.63, 3.8) is 0 Å². The first-order valence-electron chi connectivity index (χ1n) is 11.3. The van der Waals surface area contributed by atoms with Gasteiger partial charge >= 0.3 is 0 Å². The molecular weight excluding hydrogens is 529 g/mol. The molecule has 1 aliphatic heterocycles. The maximum Gasteiger partial charge on any atom is 0.244 e. The van der Waals surface area contributed by atoms with Crippen LogP contribution < -0.4 is 19.1 Å². The summed E-state index contributed by atoms with van der Waals surface area (Å²) in [5, 5.41) is 3.46. The van der Waals surface area contributed by atoms with Gasteiger partial charge in [-0.1, -0.05) is 43.1 Å². The third kappa shape index (κ3) is 6.74. The van der Waals surface area contributed by atoms with Gasteiger partial charge < -0.3 is 19.7 Å². The minimum atomic E-state index is -3.88. The predicted molar refractivity (Wildman–Crippen MR) is 139 cm³/mol. The number of halogens is 2. The Morgan fingerprint density at radius 2 is 1.69 bits per heavy atom. The molecule has 0 saturated heterocycles. The van der Waals surface area contributed by atoms with Gasteiger partial charge in [-0.05, 0) is 37.1 Å². The van der Waals surface area contributed by atoms with Crippen molar-refractivity contribution < 1.29 is 27.5 Å². The number of carbonyl (C=O) groups excluding carboxylic acids is 2. The Labute approximate surface area is 221 Å². The zero-order valence-electron chi connectivity index (χ0n) is 20.5. The van der Waals surface area contributed by atoms with E-state index in [1.807, 2.05) is 13.8 Å². The summed E-state index contributed by atoms with van der Waals surface area (Å²) in [5.41, 5.74) is 0.675. The van der Waals surface area contributed by atoms with E-state index >= 15 is 0 Å². The fourth-order valence-corrected chi connectivity index (χ4v) is 4.90. The standard InChI is InChI=1S/C24H29Cl2N3O6S/c1-15(2)11-27-24(31)16(3)28(12-18-19(25)6-5-7-20(18)26)23(30)13-29(36(4,32)33)17-8-9-21-22(10-17)35-14-34-21/h5-10,15-16H,11-14H2,1-4H3,(H,27,31)/t16-/m0/s1. The lowest BCUT2D eigenvalue weighted by molar-refractivity contribution is -0.139. The molecule has 2 aromatic rings. The number of ether oxygens (including phenoxy) is 2. The first-order valence-corrected chi connectivity index (χ1v) is 13.9. The predicted octanol–water partition coefficient (Wildman–Crippen LogP) is 3.68. The molecule has 1 N–H and O–H groups in total. The quantitative estimate of drug-likeness (QED) is 0.477. The molecule has 0 spiro atoms. The lowest BCUT2D eigenvalue weighted by atomic mass is 10.1. The molecule has 0 fully saturated rings. The monoisotopic (exact) mass is 557 g/mol. The summed E-state index contributed by atoms with van der Waals surface area (Å²) in [6.07, 6.45) is 0.999. The molecule has 2 amide bonds. The van der Waals surface area contributed by atoms with Crippen LogP contribution in [0, 0.1) is 5.92 Å². The van der Waals surface area contributed by atoms with Crippen molar-refractivity contribution in [3.05, 3.63) is 52.0 Å². The van der Waals surface area contributed by atoms with Crippen LogP contribution in [0.4, 0.5) is 5.69 Å². The first kappa shape index (κ1) is 27.9. The molecule has 0 radical (unpaired) electrons. The SMILES string of the molecule is CC(C)CNC(=O)[C@H](C)N(Cc1c(Cl)cccc1Cl)C(=O)CN(c1ccc2c(c1)OCO2)S(C)(=O)=O. The maximum absolute atomic E-state index is 13.6. The summed E-state index contributed by atoms with van der Waals surface area (Å²) < 4.78 is 37.0. The van der Waals surface area contributed by atoms with Crippen LogP contribution in [0.1, 0.15) is 26.3 Å². The van der Waals surface area contributed by atoms with Gasteiger partial charge in [-0.25, -0.2) is 8.42 Å². The second-order valence-electron chi connectivity index (χ2n) is 8.84. The van der Waals surface area contributed by atoms with Crippen LogP contribution in [0.15, 0.2) is 36.4 Å². The summed E-state index contributed by atoms with van der Waals surface area (Å²) in [6, 6.07) is 8.59. The molecule has 36 heavy (non-hydrogen) atoms. The van der Waals surface area contributed by atoms with Crippen molar-refractivity contribution in [2.45, 2.75) is 33.4 Å². The van der Waals surface area contributed by atoms with Gasteiger partial charge in [0.15, 0.2) is 11.5 Å². The minimum Gasteiger partial charge on any atom is -0.454 e. The number of amides is 2. The Hall–Kier alpha value is -2.69. The van der Waals surface area contributed by atoms with E-state index in [-0.39, 0.29) is 30.9 Å². The molecule has 0 unspecified atom stereocenters. The number of anilines is 1. The van der Waals surface area contributed by atoms with Gasteiger partial charge in [0.05, 0.1) is 11.9 Å². The van der Waals surface area contributed by atoms with Gasteiger partial charge in [0.1, 0.15) is 12.6 Å². The van der Waals surface area contributed by atoms with Crippen molar-refractivity contribution >= 4 is 50.7 Å². The topological polar surface area (TPSA) is 105 Å². The van der Waals surface area contributed by atoms with Crippen LogP contribution in [-0.2, 0) is 26.2 Å². The zero-order chi connectivity index (χ0) is 26.6. The molecule has 196 valence electrons. The molecule has 12 heteroatoms. The molecule has 2 aromatic carbocycles. The van der Waals surface area contributed by atoms with Gasteiger partial charge in [0, 0.05) is 34.8 Å². The van der Waals surface area contributed by atoms with Crippen molar-refractivity contribution in [1.82, 2.24) is 10.2 Å². The van der Waals surface area contributed by atoms with Gasteiger partial charge in [-0.2, -0.15) is 0 Å². The van der Waals surface area contributed by atoms with Crippen molar-refractivity contribution in [3.8, 4) is 11.5 Å². The third-order valence-corrected chi connectivity index (χ3v) is 7.41. The fourth-order valence-electron chi connectivity index (χ4n) is 3.54. The van der Waals surface area contributed by atoms with Crippen LogP contribution >= 0.6 is 23.2 Å². The van der Waals surface area contributed by atoms with E-state index in [0.717, 1.165) is 10.6 Å². The molecule has 0 bridgehead atoms. The van der Waals surface area contributed by atoms with Crippen molar-refractivity contribution in [2.75, 3.05) is 30.4 Å². The van der Waals surface area contributed by atoms with E-state index in [0.29, 0.717) is 33.7 Å². The Morgan fingerprint density at radius 1 is 1.06 bits per heavy atom. The van der Waals surface area contributed by atoms with Crippen LogP contribution in [-0.4, -0.2) is 57.3 Å². The highest BCUT2D eigenvalue weighted by atomic mass is 35.5. The van der Waals surface area contributed by atoms with Crippen molar-refractivity contribution in [1.29, 1.82) is 0 Å². The first-order chi connectivity index (χ1) is 16.9. The lowest BCUT2D eigenvalue weighted by Gasteiger charge is -2.32. The summed E-state index contributed by atoms with van der Waals surface area (Å²) in [5.74, 6) is 0.0595. The molecule has 0 aromatic heterocycles. The molecule has 1 heterocycles. The minimum absolute atomic E-state index is 0.0198. The summed E-state index contributed by atoms with van der Waals surface area (Å²) in [4.78, 5) is 27.8. The van der Waals surface area contributed by atoms with Crippen LogP contribution in [0.25, 0.3) is 0 Å². The maximum atomic E-state index is 13.6. The fraction of sp³-hybridized carbons (Fsp3) is 0.417. The number of carbonyl (C=O) groups is 2. The Bertz CT molecular complexity index is 1220. The summed E-state index contributed by atoms with van der Waals surface area (Å²) >= 11 is 12.7. The second-order valence-corrected chi connectivity index (χ2v) is 11.6. The summed E-state index contributed by atoms with van der Waals surface area (Å²) in [6.45, 7) is 5.27. The van der Waals surface area contributed by atoms with E-state index in [4.69, 9.17) is 32.7 Å². The molecule has 3 rings (SSSR count). The number of fused-ring (bicyclic) bond motifs is 1. The number of nitrogens with zero attached hydrogens (tertiary/aromatic N) is 2. The van der Waals surface area contributed by atoms with E-state index in [1.54, 1.807) is 31.2 Å². The number of nitrogens with one attached hydrogen (secondary N) is 1. The van der Waals surface area contributed by atoms with Gasteiger partial charge in [0.25, 0.3) is 0 Å². The highest BCUT2D eigenvalue weighted by molar-refractivity contribution is 7.92. The average Bonchev–Trinajstić information content (AvgIpc) is 3.27. The van der Waals surface area contributed by atoms with Crippen LogP contribution in [0.2, 0.25) is 10.0 Å². The van der Waals surface area contributed by atoms with E-state index in [1.165, 1.54) is 17.0 Å². The smallest absolute Gasteiger partial charge is 0.244 e. The lowest BCUT2D eigenvalue weighted by Crippen LogP contribution is -2.51. The van der Waals surface area contributed by atoms with Crippen LogP contribution in [0.5, 0.6) is 11.5 Å². The van der Waals surface area contributed by atoms with Crippen molar-refractivity contribution in [2.24, 2.45) is 5.92 Å². The second kappa shape index (κ2) is 11.6. The van der Waals surface area contributed by atoms with Gasteiger partial charge in [0.2, 0.25) is 28.6 Å². The number of hydrogen-bond donors (Lipinski definition) is 1. The van der Waals surface area contributed by atoms with Gasteiger partial charge in [-0.3, -0.25) is 13.9 Å². The highest BCUT2D eigenvalue weighted by Gasteiger charge is 2.31. The number of benzene rings is 2. The average molecular weight is 558 g/mol. The van der Waals surface area contributed by atoms with Gasteiger partial charge in [-0.15, -0.1) is 0 Å². The Balaban J connectivity index is 1.94. The number of rotatable bonds is 10. The zero-order valence-corrected chi connectivity index (χ0v) is 22.8. The molecule has 0 saturated carbocycles. The molecule has 1 atom stereocenters. The molecular formula is C24H29Cl2N3O6S. The van der Waals surface area contributed by atoms with E-state index in [9.17, 15) is 18.0 Å². The summed E-state index contributed by atoms with van der Waals surface area (Å²) in [7, 11) is -3.88. The molecule has 0 aliphatic carbocycles. The Kier molecular flexibility index (Phi) is 8.97. The van der Waals surface area contributed by atoms with E-state index in [2.05, 4.69) is 5.32 Å². The van der Waals surface area contributed by atoms with E-state index < -0.39 is 28.5 Å². The Morgan fingerprint density at radius 3 is 2.31 bits per heavy atom. The third-order valence-electron chi connectivity index (χ3n) is 5.57. The normalized spacial score (nSPS) is 13.4. The van der Waals surface area contributed by atoms with Crippen LogP contribution in [0.3, 0.4) is 0 Å². The largest absolute Gasteiger partial charge is 0.454 e. The number of hydrogen-bond acceptors (Lipinski definition) is 6.